The fourth-order valence-electron chi connectivity index (χ4n) is 1.28. The Morgan fingerprint density at radius 2 is 1.93 bits per heavy atom. The van der Waals surface area contributed by atoms with Gasteiger partial charge in [0.1, 0.15) is 5.82 Å². The molecule has 0 amide bonds. The quantitative estimate of drug-likeness (QED) is 0.794. The van der Waals surface area contributed by atoms with Gasteiger partial charge in [-0.25, -0.2) is 4.39 Å². The lowest BCUT2D eigenvalue weighted by Gasteiger charge is -2.18. The molecule has 2 heteroatoms. The molecule has 0 atom stereocenters. The maximum Gasteiger partial charge on any atom is 0.128 e. The van der Waals surface area contributed by atoms with Crippen molar-refractivity contribution in [3.05, 3.63) is 29.6 Å². The summed E-state index contributed by atoms with van der Waals surface area (Å²) in [4.78, 5) is 0. The minimum absolute atomic E-state index is 0.143. The second kappa shape index (κ2) is 4.65. The Hall–Kier alpha value is -1.05. The van der Waals surface area contributed by atoms with Crippen LogP contribution < -0.4 is 5.32 Å². The summed E-state index contributed by atoms with van der Waals surface area (Å²) < 4.78 is 13.2. The summed E-state index contributed by atoms with van der Waals surface area (Å²) >= 11 is 0. The minimum atomic E-state index is -0.143. The zero-order chi connectivity index (χ0) is 11.5. The highest BCUT2D eigenvalue weighted by Crippen LogP contribution is 2.19. The highest BCUT2D eigenvalue weighted by molar-refractivity contribution is 5.45. The maximum absolute atomic E-state index is 13.2. The average molecular weight is 209 g/mol. The second-order valence-corrected chi connectivity index (χ2v) is 5.20. The van der Waals surface area contributed by atoms with E-state index in [-0.39, 0.29) is 5.82 Å². The molecule has 1 N–H and O–H groups in total. The lowest BCUT2D eigenvalue weighted by atomic mass is 9.92. The van der Waals surface area contributed by atoms with Crippen molar-refractivity contribution in [2.75, 3.05) is 11.9 Å². The van der Waals surface area contributed by atoms with Gasteiger partial charge in [-0.2, -0.15) is 0 Å². The van der Waals surface area contributed by atoms with Gasteiger partial charge in [0.2, 0.25) is 0 Å². The Labute approximate surface area is 91.7 Å². The van der Waals surface area contributed by atoms with Gasteiger partial charge >= 0.3 is 0 Å². The molecular weight excluding hydrogens is 189 g/mol. The normalized spacial score (nSPS) is 11.5. The van der Waals surface area contributed by atoms with E-state index in [4.69, 9.17) is 0 Å². The number of halogens is 1. The van der Waals surface area contributed by atoms with Crippen molar-refractivity contribution in [1.29, 1.82) is 0 Å². The van der Waals surface area contributed by atoms with Crippen LogP contribution in [0.2, 0.25) is 0 Å². The SMILES string of the molecule is Cc1ccc(NCCC(C)(C)C)cc1F. The van der Waals surface area contributed by atoms with E-state index in [2.05, 4.69) is 26.1 Å². The topological polar surface area (TPSA) is 12.0 Å². The second-order valence-electron chi connectivity index (χ2n) is 5.20. The van der Waals surface area contributed by atoms with Gasteiger partial charge in [0.25, 0.3) is 0 Å². The van der Waals surface area contributed by atoms with Crippen LogP contribution in [-0.4, -0.2) is 6.54 Å². The summed E-state index contributed by atoms with van der Waals surface area (Å²) in [6, 6.07) is 5.27. The van der Waals surface area contributed by atoms with E-state index < -0.39 is 0 Å². The van der Waals surface area contributed by atoms with Crippen LogP contribution in [0.4, 0.5) is 10.1 Å². The molecule has 0 saturated carbocycles. The smallest absolute Gasteiger partial charge is 0.128 e. The van der Waals surface area contributed by atoms with Crippen LogP contribution >= 0.6 is 0 Å². The molecular formula is C13H20FN. The van der Waals surface area contributed by atoms with Gasteiger partial charge in [0.05, 0.1) is 0 Å². The van der Waals surface area contributed by atoms with Gasteiger partial charge in [0, 0.05) is 12.2 Å². The Morgan fingerprint density at radius 1 is 1.27 bits per heavy atom. The maximum atomic E-state index is 13.2. The van der Waals surface area contributed by atoms with Crippen molar-refractivity contribution in [2.45, 2.75) is 34.1 Å². The lowest BCUT2D eigenvalue weighted by molar-refractivity contribution is 0.390. The molecule has 1 nitrogen and oxygen atoms in total. The van der Waals surface area contributed by atoms with E-state index >= 15 is 0 Å². The fourth-order valence-corrected chi connectivity index (χ4v) is 1.28. The highest BCUT2D eigenvalue weighted by atomic mass is 19.1. The van der Waals surface area contributed by atoms with Gasteiger partial charge < -0.3 is 5.32 Å². The molecule has 0 radical (unpaired) electrons. The van der Waals surface area contributed by atoms with Gasteiger partial charge in [-0.3, -0.25) is 0 Å². The van der Waals surface area contributed by atoms with Crippen LogP contribution in [0, 0.1) is 18.2 Å². The molecule has 0 aliphatic heterocycles. The van der Waals surface area contributed by atoms with Gasteiger partial charge in [-0.05, 0) is 36.5 Å². The minimum Gasteiger partial charge on any atom is -0.385 e. The van der Waals surface area contributed by atoms with E-state index in [1.807, 2.05) is 6.07 Å². The number of anilines is 1. The summed E-state index contributed by atoms with van der Waals surface area (Å²) in [6.07, 6.45) is 1.07. The molecule has 0 aromatic heterocycles. The first-order chi connectivity index (χ1) is 6.88. The molecule has 1 aromatic rings. The van der Waals surface area contributed by atoms with Crippen LogP contribution in [0.3, 0.4) is 0 Å². The van der Waals surface area contributed by atoms with Crippen molar-refractivity contribution in [1.82, 2.24) is 0 Å². The number of hydrogen-bond acceptors (Lipinski definition) is 1. The van der Waals surface area contributed by atoms with Crippen LogP contribution in [-0.2, 0) is 0 Å². The Kier molecular flexibility index (Phi) is 3.72. The molecule has 1 rings (SSSR count). The van der Waals surface area contributed by atoms with Gasteiger partial charge in [-0.1, -0.05) is 26.8 Å². The third-order valence-electron chi connectivity index (χ3n) is 2.38. The molecule has 84 valence electrons. The zero-order valence-electron chi connectivity index (χ0n) is 10.0. The van der Waals surface area contributed by atoms with E-state index in [0.29, 0.717) is 11.0 Å². The summed E-state index contributed by atoms with van der Waals surface area (Å²) in [5, 5.41) is 3.23. The summed E-state index contributed by atoms with van der Waals surface area (Å²) in [7, 11) is 0. The number of hydrogen-bond donors (Lipinski definition) is 1. The summed E-state index contributed by atoms with van der Waals surface area (Å²) in [5.41, 5.74) is 1.87. The fraction of sp³-hybridized carbons (Fsp3) is 0.538. The van der Waals surface area contributed by atoms with Crippen LogP contribution in [0.1, 0.15) is 32.8 Å². The van der Waals surface area contributed by atoms with E-state index in [1.165, 1.54) is 0 Å². The van der Waals surface area contributed by atoms with Crippen LogP contribution in [0.5, 0.6) is 0 Å². The predicted octanol–water partition coefficient (Wildman–Crippen LogP) is 3.98. The van der Waals surface area contributed by atoms with Gasteiger partial charge in [0.15, 0.2) is 0 Å². The molecule has 0 aliphatic rings. The zero-order valence-corrected chi connectivity index (χ0v) is 10.0. The highest BCUT2D eigenvalue weighted by Gasteiger charge is 2.09. The Balaban J connectivity index is 2.48. The van der Waals surface area contributed by atoms with E-state index in [1.54, 1.807) is 19.1 Å². The van der Waals surface area contributed by atoms with Crippen molar-refractivity contribution in [3.8, 4) is 0 Å². The first kappa shape index (κ1) is 12.0. The molecule has 0 unspecified atom stereocenters. The first-order valence-electron chi connectivity index (χ1n) is 5.38. The monoisotopic (exact) mass is 209 g/mol. The molecule has 0 saturated heterocycles. The van der Waals surface area contributed by atoms with Crippen molar-refractivity contribution in [3.63, 3.8) is 0 Å². The first-order valence-corrected chi connectivity index (χ1v) is 5.38. The van der Waals surface area contributed by atoms with Crippen molar-refractivity contribution < 1.29 is 4.39 Å². The van der Waals surface area contributed by atoms with Crippen molar-refractivity contribution >= 4 is 5.69 Å². The van der Waals surface area contributed by atoms with E-state index in [0.717, 1.165) is 18.7 Å². The lowest BCUT2D eigenvalue weighted by Crippen LogP contribution is -2.12. The van der Waals surface area contributed by atoms with Crippen LogP contribution in [0.15, 0.2) is 18.2 Å². The molecule has 0 heterocycles. The number of benzene rings is 1. The Bertz CT molecular complexity index is 326. The molecule has 0 spiro atoms. The predicted molar refractivity (Wildman–Crippen MR) is 63.7 cm³/mol. The van der Waals surface area contributed by atoms with Crippen LogP contribution in [0.25, 0.3) is 0 Å². The summed E-state index contributed by atoms with van der Waals surface area (Å²) in [6.45, 7) is 9.25. The Morgan fingerprint density at radius 3 is 2.47 bits per heavy atom. The molecule has 0 fully saturated rings. The molecule has 15 heavy (non-hydrogen) atoms. The number of nitrogens with one attached hydrogen (secondary N) is 1. The standard InChI is InChI=1S/C13H20FN/c1-10-5-6-11(9-12(10)14)15-8-7-13(2,3)4/h5-6,9,15H,7-8H2,1-4H3. The summed E-state index contributed by atoms with van der Waals surface area (Å²) in [5.74, 6) is -0.143. The molecule has 0 bridgehead atoms. The molecule has 1 aromatic carbocycles. The largest absolute Gasteiger partial charge is 0.385 e. The average Bonchev–Trinajstić information content (AvgIpc) is 2.09. The third-order valence-corrected chi connectivity index (χ3v) is 2.38. The number of rotatable bonds is 3. The van der Waals surface area contributed by atoms with Crippen molar-refractivity contribution in [2.24, 2.45) is 5.41 Å². The number of aryl methyl sites for hydroxylation is 1. The third kappa shape index (κ3) is 4.32. The van der Waals surface area contributed by atoms with Gasteiger partial charge in [-0.15, -0.1) is 0 Å². The molecule has 0 aliphatic carbocycles. The van der Waals surface area contributed by atoms with E-state index in [9.17, 15) is 4.39 Å².